The van der Waals surface area contributed by atoms with Crippen LogP contribution in [0.15, 0.2) is 24.3 Å². The van der Waals surface area contributed by atoms with E-state index in [0.717, 1.165) is 6.54 Å². The van der Waals surface area contributed by atoms with Crippen LogP contribution in [0.4, 0.5) is 0 Å². The van der Waals surface area contributed by atoms with E-state index in [0.29, 0.717) is 11.7 Å². The van der Waals surface area contributed by atoms with Crippen LogP contribution in [0, 0.1) is 6.92 Å². The Bertz CT molecular complexity index is 355. The van der Waals surface area contributed by atoms with Crippen LogP contribution in [0.25, 0.3) is 0 Å². The van der Waals surface area contributed by atoms with Gasteiger partial charge in [0.25, 0.3) is 0 Å². The van der Waals surface area contributed by atoms with E-state index in [1.807, 2.05) is 24.1 Å². The molecule has 0 amide bonds. The zero-order chi connectivity index (χ0) is 12.0. The van der Waals surface area contributed by atoms with Gasteiger partial charge in [0, 0.05) is 20.1 Å². The minimum absolute atomic E-state index is 0.114. The van der Waals surface area contributed by atoms with Crippen LogP contribution < -0.4 is 5.32 Å². The highest BCUT2D eigenvalue weighted by Crippen LogP contribution is 2.06. The number of likely N-dealkylation sites (N-methyl/N-ethyl adjacent to an activating group) is 1. The SMILES string of the molecule is Cc1ccccc1CNC(=S)N(C)CCO. The third-order valence-corrected chi connectivity index (χ3v) is 2.93. The molecule has 3 nitrogen and oxygen atoms in total. The third-order valence-electron chi connectivity index (χ3n) is 2.47. The number of thiocarbonyl (C=S) groups is 1. The Balaban J connectivity index is 2.46. The molecule has 0 radical (unpaired) electrons. The normalized spacial score (nSPS) is 9.94. The average Bonchev–Trinajstić information content (AvgIpc) is 2.28. The van der Waals surface area contributed by atoms with Crippen LogP contribution in [-0.4, -0.2) is 35.3 Å². The molecule has 16 heavy (non-hydrogen) atoms. The second-order valence-corrected chi connectivity index (χ2v) is 4.12. The van der Waals surface area contributed by atoms with Crippen LogP contribution in [0.2, 0.25) is 0 Å². The monoisotopic (exact) mass is 238 g/mol. The van der Waals surface area contributed by atoms with Crippen molar-refractivity contribution in [1.29, 1.82) is 0 Å². The van der Waals surface area contributed by atoms with E-state index in [1.54, 1.807) is 0 Å². The summed E-state index contributed by atoms with van der Waals surface area (Å²) in [7, 11) is 1.86. The lowest BCUT2D eigenvalue weighted by Crippen LogP contribution is -2.38. The number of hydrogen-bond acceptors (Lipinski definition) is 2. The van der Waals surface area contributed by atoms with Gasteiger partial charge in [-0.2, -0.15) is 0 Å². The van der Waals surface area contributed by atoms with Crippen molar-refractivity contribution >= 4 is 17.3 Å². The molecule has 88 valence electrons. The Morgan fingerprint density at radius 2 is 2.12 bits per heavy atom. The van der Waals surface area contributed by atoms with Crippen molar-refractivity contribution in [3.63, 3.8) is 0 Å². The van der Waals surface area contributed by atoms with E-state index < -0.39 is 0 Å². The largest absolute Gasteiger partial charge is 0.395 e. The van der Waals surface area contributed by atoms with Gasteiger partial charge in [-0.15, -0.1) is 0 Å². The molecule has 0 unspecified atom stereocenters. The van der Waals surface area contributed by atoms with E-state index in [9.17, 15) is 0 Å². The highest BCUT2D eigenvalue weighted by molar-refractivity contribution is 7.80. The van der Waals surface area contributed by atoms with Gasteiger partial charge in [0.1, 0.15) is 0 Å². The van der Waals surface area contributed by atoms with Gasteiger partial charge in [-0.3, -0.25) is 0 Å². The molecular weight excluding hydrogens is 220 g/mol. The van der Waals surface area contributed by atoms with Gasteiger partial charge < -0.3 is 15.3 Å². The van der Waals surface area contributed by atoms with E-state index in [4.69, 9.17) is 17.3 Å². The van der Waals surface area contributed by atoms with Gasteiger partial charge in [0.2, 0.25) is 0 Å². The molecule has 0 saturated carbocycles. The summed E-state index contributed by atoms with van der Waals surface area (Å²) in [5.41, 5.74) is 2.49. The van der Waals surface area contributed by atoms with Gasteiger partial charge in [-0.25, -0.2) is 0 Å². The first-order chi connectivity index (χ1) is 7.65. The van der Waals surface area contributed by atoms with Gasteiger partial charge >= 0.3 is 0 Å². The summed E-state index contributed by atoms with van der Waals surface area (Å²) >= 11 is 5.19. The number of hydrogen-bond donors (Lipinski definition) is 2. The summed E-state index contributed by atoms with van der Waals surface area (Å²) in [6.45, 7) is 3.47. The molecule has 0 aliphatic heterocycles. The van der Waals surface area contributed by atoms with Crippen molar-refractivity contribution in [2.24, 2.45) is 0 Å². The summed E-state index contributed by atoms with van der Waals surface area (Å²) in [4.78, 5) is 1.83. The lowest BCUT2D eigenvalue weighted by atomic mass is 10.1. The molecule has 1 rings (SSSR count). The Morgan fingerprint density at radius 3 is 2.75 bits per heavy atom. The summed E-state index contributed by atoms with van der Waals surface area (Å²) in [6, 6.07) is 8.20. The predicted octanol–water partition coefficient (Wildman–Crippen LogP) is 1.29. The van der Waals surface area contributed by atoms with Gasteiger partial charge in [-0.1, -0.05) is 24.3 Å². The number of aryl methyl sites for hydroxylation is 1. The lowest BCUT2D eigenvalue weighted by Gasteiger charge is -2.20. The topological polar surface area (TPSA) is 35.5 Å². The first kappa shape index (κ1) is 12.9. The fraction of sp³-hybridized carbons (Fsp3) is 0.417. The number of nitrogens with zero attached hydrogens (tertiary/aromatic N) is 1. The standard InChI is InChI=1S/C12H18N2OS/c1-10-5-3-4-6-11(10)9-13-12(16)14(2)7-8-15/h3-6,15H,7-9H2,1-2H3,(H,13,16). The van der Waals surface area contributed by atoms with E-state index in [1.165, 1.54) is 11.1 Å². The molecule has 0 aliphatic rings. The van der Waals surface area contributed by atoms with Crippen LogP contribution in [-0.2, 0) is 6.54 Å². The highest BCUT2D eigenvalue weighted by Gasteiger charge is 2.03. The second-order valence-electron chi connectivity index (χ2n) is 3.73. The molecule has 1 aromatic carbocycles. The van der Waals surface area contributed by atoms with Crippen molar-refractivity contribution < 1.29 is 5.11 Å². The summed E-state index contributed by atoms with van der Waals surface area (Å²) in [5.74, 6) is 0. The Kier molecular flexibility index (Phi) is 5.22. The molecule has 0 spiro atoms. The number of nitrogens with one attached hydrogen (secondary N) is 1. The lowest BCUT2D eigenvalue weighted by molar-refractivity contribution is 0.263. The molecule has 0 heterocycles. The van der Waals surface area contributed by atoms with Gasteiger partial charge in [0.15, 0.2) is 5.11 Å². The van der Waals surface area contributed by atoms with Gasteiger partial charge in [0.05, 0.1) is 6.61 Å². The number of rotatable bonds is 4. The van der Waals surface area contributed by atoms with E-state index in [-0.39, 0.29) is 6.61 Å². The van der Waals surface area contributed by atoms with Crippen LogP contribution in [0.5, 0.6) is 0 Å². The predicted molar refractivity (Wildman–Crippen MR) is 70.3 cm³/mol. The molecular formula is C12H18N2OS. The van der Waals surface area contributed by atoms with Crippen LogP contribution in [0.3, 0.4) is 0 Å². The molecule has 0 aromatic heterocycles. The van der Waals surface area contributed by atoms with Gasteiger partial charge in [-0.05, 0) is 30.3 Å². The minimum atomic E-state index is 0.114. The van der Waals surface area contributed by atoms with Crippen LogP contribution in [0.1, 0.15) is 11.1 Å². The molecule has 0 aliphatic carbocycles. The smallest absolute Gasteiger partial charge is 0.169 e. The Labute approximate surface area is 102 Å². The van der Waals surface area contributed by atoms with E-state index >= 15 is 0 Å². The summed E-state index contributed by atoms with van der Waals surface area (Å²) < 4.78 is 0. The molecule has 0 fully saturated rings. The Morgan fingerprint density at radius 1 is 1.44 bits per heavy atom. The van der Waals surface area contributed by atoms with E-state index in [2.05, 4.69) is 24.4 Å². The molecule has 1 aromatic rings. The van der Waals surface area contributed by atoms with Crippen molar-refractivity contribution in [2.75, 3.05) is 20.2 Å². The maximum Gasteiger partial charge on any atom is 0.169 e. The number of benzene rings is 1. The van der Waals surface area contributed by atoms with Crippen LogP contribution >= 0.6 is 12.2 Å². The van der Waals surface area contributed by atoms with Crippen molar-refractivity contribution in [1.82, 2.24) is 10.2 Å². The zero-order valence-electron chi connectivity index (χ0n) is 9.73. The molecule has 4 heteroatoms. The fourth-order valence-corrected chi connectivity index (χ4v) is 1.53. The average molecular weight is 238 g/mol. The fourth-order valence-electron chi connectivity index (χ4n) is 1.37. The minimum Gasteiger partial charge on any atom is -0.395 e. The first-order valence-corrected chi connectivity index (χ1v) is 5.70. The quantitative estimate of drug-likeness (QED) is 0.775. The first-order valence-electron chi connectivity index (χ1n) is 5.29. The molecule has 2 N–H and O–H groups in total. The molecule has 0 bridgehead atoms. The summed E-state index contributed by atoms with van der Waals surface area (Å²) in [6.07, 6.45) is 0. The van der Waals surface area contributed by atoms with Crippen molar-refractivity contribution in [3.8, 4) is 0 Å². The Hall–Kier alpha value is -1.13. The summed E-state index contributed by atoms with van der Waals surface area (Å²) in [5, 5.41) is 12.6. The number of aliphatic hydroxyl groups is 1. The molecule has 0 atom stereocenters. The maximum absolute atomic E-state index is 8.79. The second kappa shape index (κ2) is 6.45. The molecule has 0 saturated heterocycles. The maximum atomic E-state index is 8.79. The van der Waals surface area contributed by atoms with Crippen molar-refractivity contribution in [2.45, 2.75) is 13.5 Å². The zero-order valence-corrected chi connectivity index (χ0v) is 10.5. The highest BCUT2D eigenvalue weighted by atomic mass is 32.1. The number of aliphatic hydroxyl groups excluding tert-OH is 1. The third kappa shape index (κ3) is 3.79. The van der Waals surface area contributed by atoms with Crippen molar-refractivity contribution in [3.05, 3.63) is 35.4 Å².